The Balaban J connectivity index is 2.86. The van der Waals surface area contributed by atoms with Gasteiger partial charge in [0.15, 0.2) is 12.6 Å². The number of anilines is 2. The average molecular weight is 241 g/mol. The van der Waals surface area contributed by atoms with Gasteiger partial charge in [-0.1, -0.05) is 30.3 Å². The highest BCUT2D eigenvalue weighted by Gasteiger charge is 2.17. The molecule has 0 aliphatic rings. The first-order valence-electron chi connectivity index (χ1n) is 5.23. The number of pyridine rings is 1. The molecule has 0 aliphatic carbocycles. The van der Waals surface area contributed by atoms with Gasteiger partial charge in [0.1, 0.15) is 11.6 Å². The monoisotopic (exact) mass is 241 g/mol. The topological polar surface area (TPSA) is 99.1 Å². The molecule has 90 valence electrons. The fourth-order valence-corrected chi connectivity index (χ4v) is 1.81. The third-order valence-corrected chi connectivity index (χ3v) is 2.63. The summed E-state index contributed by atoms with van der Waals surface area (Å²) in [6.45, 7) is 0. The van der Waals surface area contributed by atoms with E-state index in [9.17, 15) is 9.59 Å². The Morgan fingerprint density at radius 3 is 1.83 bits per heavy atom. The van der Waals surface area contributed by atoms with Gasteiger partial charge in [-0.15, -0.1) is 0 Å². The van der Waals surface area contributed by atoms with E-state index in [-0.39, 0.29) is 22.8 Å². The number of benzene rings is 1. The molecule has 1 aromatic carbocycles. The largest absolute Gasteiger partial charge is 0.383 e. The van der Waals surface area contributed by atoms with Gasteiger partial charge in [0.25, 0.3) is 0 Å². The quantitative estimate of drug-likeness (QED) is 0.794. The van der Waals surface area contributed by atoms with Crippen molar-refractivity contribution in [3.8, 4) is 11.1 Å². The van der Waals surface area contributed by atoms with Crippen LogP contribution < -0.4 is 11.5 Å². The smallest absolute Gasteiger partial charge is 0.154 e. The van der Waals surface area contributed by atoms with Crippen molar-refractivity contribution < 1.29 is 9.59 Å². The molecule has 0 unspecified atom stereocenters. The Hall–Kier alpha value is -2.69. The minimum absolute atomic E-state index is 0.0203. The fourth-order valence-electron chi connectivity index (χ4n) is 1.81. The van der Waals surface area contributed by atoms with Crippen molar-refractivity contribution in [1.29, 1.82) is 0 Å². The summed E-state index contributed by atoms with van der Waals surface area (Å²) in [6, 6.07) is 8.97. The Bertz CT molecular complexity index is 577. The van der Waals surface area contributed by atoms with Crippen molar-refractivity contribution >= 4 is 24.2 Å². The number of hydrogen-bond acceptors (Lipinski definition) is 5. The molecule has 5 heteroatoms. The Kier molecular flexibility index (Phi) is 3.05. The van der Waals surface area contributed by atoms with Crippen LogP contribution in [-0.4, -0.2) is 17.6 Å². The second-order valence-corrected chi connectivity index (χ2v) is 3.69. The maximum atomic E-state index is 11.1. The fraction of sp³-hybridized carbons (Fsp3) is 0. The molecule has 4 N–H and O–H groups in total. The molecule has 1 aromatic heterocycles. The van der Waals surface area contributed by atoms with Crippen LogP contribution in [0.15, 0.2) is 30.3 Å². The Labute approximate surface area is 103 Å². The lowest BCUT2D eigenvalue weighted by molar-refractivity contribution is 0.112. The number of carbonyl (C=O) groups excluding carboxylic acids is 2. The van der Waals surface area contributed by atoms with Crippen molar-refractivity contribution in [2.45, 2.75) is 0 Å². The third-order valence-electron chi connectivity index (χ3n) is 2.63. The van der Waals surface area contributed by atoms with Gasteiger partial charge in [-0.3, -0.25) is 9.59 Å². The van der Waals surface area contributed by atoms with E-state index >= 15 is 0 Å². The number of nitrogens with zero attached hydrogens (tertiary/aromatic N) is 1. The Morgan fingerprint density at radius 1 is 0.889 bits per heavy atom. The molecule has 0 atom stereocenters. The number of carbonyl (C=O) groups is 2. The number of hydrogen-bond donors (Lipinski definition) is 2. The molecule has 18 heavy (non-hydrogen) atoms. The maximum absolute atomic E-state index is 11.1. The van der Waals surface area contributed by atoms with Crippen molar-refractivity contribution in [2.75, 3.05) is 11.5 Å². The molecule has 0 saturated heterocycles. The molecule has 0 radical (unpaired) electrons. The predicted molar refractivity (Wildman–Crippen MR) is 69.3 cm³/mol. The normalized spacial score (nSPS) is 10.0. The summed E-state index contributed by atoms with van der Waals surface area (Å²) in [4.78, 5) is 26.0. The minimum atomic E-state index is 0.0203. The molecule has 0 saturated carbocycles. The molecule has 2 rings (SSSR count). The number of nitrogens with two attached hydrogens (primary N) is 2. The molecule has 0 aliphatic heterocycles. The average Bonchev–Trinajstić information content (AvgIpc) is 2.39. The maximum Gasteiger partial charge on any atom is 0.154 e. The molecule has 1 heterocycles. The predicted octanol–water partition coefficient (Wildman–Crippen LogP) is 1.54. The van der Waals surface area contributed by atoms with Crippen LogP contribution in [0.5, 0.6) is 0 Å². The summed E-state index contributed by atoms with van der Waals surface area (Å²) in [7, 11) is 0. The van der Waals surface area contributed by atoms with Gasteiger partial charge in [0.05, 0.1) is 11.1 Å². The number of nitrogen functional groups attached to an aromatic ring is 2. The molecular weight excluding hydrogens is 230 g/mol. The van der Waals surface area contributed by atoms with Crippen LogP contribution in [0.25, 0.3) is 11.1 Å². The second-order valence-electron chi connectivity index (χ2n) is 3.69. The van der Waals surface area contributed by atoms with Crippen LogP contribution in [0.2, 0.25) is 0 Å². The van der Waals surface area contributed by atoms with Crippen LogP contribution in [0, 0.1) is 0 Å². The summed E-state index contributed by atoms with van der Waals surface area (Å²) in [5.74, 6) is 0.0407. The Morgan fingerprint density at radius 2 is 1.39 bits per heavy atom. The van der Waals surface area contributed by atoms with Gasteiger partial charge in [0, 0.05) is 5.56 Å². The second kappa shape index (κ2) is 4.67. The SMILES string of the molecule is Nc1nc(N)c(C=O)c(-c2ccccc2)c1C=O. The first-order chi connectivity index (χ1) is 8.69. The van der Waals surface area contributed by atoms with E-state index in [2.05, 4.69) is 4.98 Å². The van der Waals surface area contributed by atoms with Crippen molar-refractivity contribution in [3.05, 3.63) is 41.5 Å². The van der Waals surface area contributed by atoms with Gasteiger partial charge in [-0.2, -0.15) is 0 Å². The molecule has 0 amide bonds. The van der Waals surface area contributed by atoms with Crippen LogP contribution in [0.4, 0.5) is 11.6 Å². The van der Waals surface area contributed by atoms with Gasteiger partial charge in [-0.25, -0.2) is 4.98 Å². The molecule has 5 nitrogen and oxygen atoms in total. The number of aldehydes is 2. The lowest BCUT2D eigenvalue weighted by Crippen LogP contribution is -2.08. The van der Waals surface area contributed by atoms with E-state index < -0.39 is 0 Å². The molecule has 2 aromatic rings. The van der Waals surface area contributed by atoms with Crippen LogP contribution in [0.3, 0.4) is 0 Å². The van der Waals surface area contributed by atoms with Crippen molar-refractivity contribution in [3.63, 3.8) is 0 Å². The summed E-state index contributed by atoms with van der Waals surface area (Å²) < 4.78 is 0. The third kappa shape index (κ3) is 1.82. The lowest BCUT2D eigenvalue weighted by atomic mass is 9.96. The van der Waals surface area contributed by atoms with Gasteiger partial charge in [0.2, 0.25) is 0 Å². The van der Waals surface area contributed by atoms with Crippen molar-refractivity contribution in [2.24, 2.45) is 0 Å². The highest BCUT2D eigenvalue weighted by Crippen LogP contribution is 2.31. The molecule has 0 bridgehead atoms. The number of aromatic nitrogens is 1. The summed E-state index contributed by atoms with van der Waals surface area (Å²) in [5, 5.41) is 0. The van der Waals surface area contributed by atoms with Crippen LogP contribution >= 0.6 is 0 Å². The van der Waals surface area contributed by atoms with E-state index in [1.807, 2.05) is 6.07 Å². The van der Waals surface area contributed by atoms with Crippen LogP contribution in [0.1, 0.15) is 20.7 Å². The van der Waals surface area contributed by atoms with Crippen molar-refractivity contribution in [1.82, 2.24) is 4.98 Å². The number of rotatable bonds is 3. The molecule has 0 spiro atoms. The standard InChI is InChI=1S/C13H11N3O2/c14-12-9(6-17)11(8-4-2-1-3-5-8)10(7-18)13(15)16-12/h1-7H,(H4,14,15,16). The molecular formula is C13H11N3O2. The van der Waals surface area contributed by atoms with E-state index in [1.54, 1.807) is 24.3 Å². The lowest BCUT2D eigenvalue weighted by Gasteiger charge is -2.12. The van der Waals surface area contributed by atoms with E-state index in [4.69, 9.17) is 11.5 Å². The summed E-state index contributed by atoms with van der Waals surface area (Å²) in [6.07, 6.45) is 1.16. The zero-order valence-corrected chi connectivity index (χ0v) is 9.46. The molecule has 0 fully saturated rings. The zero-order chi connectivity index (χ0) is 13.1. The first-order valence-corrected chi connectivity index (χ1v) is 5.23. The van der Waals surface area contributed by atoms with E-state index in [1.165, 1.54) is 0 Å². The first kappa shape index (κ1) is 11.8. The minimum Gasteiger partial charge on any atom is -0.383 e. The van der Waals surface area contributed by atoms with E-state index in [0.29, 0.717) is 23.7 Å². The zero-order valence-electron chi connectivity index (χ0n) is 9.46. The highest BCUT2D eigenvalue weighted by atomic mass is 16.1. The van der Waals surface area contributed by atoms with Crippen LogP contribution in [-0.2, 0) is 0 Å². The summed E-state index contributed by atoms with van der Waals surface area (Å²) >= 11 is 0. The van der Waals surface area contributed by atoms with Gasteiger partial charge >= 0.3 is 0 Å². The highest BCUT2D eigenvalue weighted by molar-refractivity contribution is 6.03. The van der Waals surface area contributed by atoms with Gasteiger partial charge in [-0.05, 0) is 5.56 Å². The van der Waals surface area contributed by atoms with Gasteiger partial charge < -0.3 is 11.5 Å². The summed E-state index contributed by atoms with van der Waals surface area (Å²) in [5.41, 5.74) is 12.8. The van der Waals surface area contributed by atoms with E-state index in [0.717, 1.165) is 0 Å².